The fraction of sp³-hybridized carbons (Fsp3) is 0.579. The van der Waals surface area contributed by atoms with Crippen LogP contribution >= 0.6 is 0 Å². The van der Waals surface area contributed by atoms with Gasteiger partial charge in [0.05, 0.1) is 13.1 Å². The number of nitrogens with zero attached hydrogens (tertiary/aromatic N) is 2. The van der Waals surface area contributed by atoms with Gasteiger partial charge in [-0.2, -0.15) is 0 Å². The van der Waals surface area contributed by atoms with Gasteiger partial charge in [-0.25, -0.2) is 0 Å². The van der Waals surface area contributed by atoms with Crippen LogP contribution in [-0.2, 0) is 16.0 Å². The van der Waals surface area contributed by atoms with Gasteiger partial charge in [0.2, 0.25) is 11.8 Å². The first-order valence-corrected chi connectivity index (χ1v) is 8.64. The molecule has 1 atom stereocenters. The summed E-state index contributed by atoms with van der Waals surface area (Å²) in [6.07, 6.45) is 0.887. The maximum Gasteiger partial charge on any atom is 0.241 e. The Kier molecular flexibility index (Phi) is 5.65. The molecule has 2 amide bonds. The summed E-state index contributed by atoms with van der Waals surface area (Å²) in [4.78, 5) is 28.7. The minimum absolute atomic E-state index is 0.0491. The lowest BCUT2D eigenvalue weighted by atomic mass is 10.1. The molecule has 0 spiro atoms. The molecule has 0 saturated heterocycles. The molecule has 0 aromatic heterocycles. The molecule has 1 N–H and O–H groups in total. The van der Waals surface area contributed by atoms with Gasteiger partial charge in [-0.15, -0.1) is 0 Å². The number of amides is 2. The Hall–Kier alpha value is -1.88. The molecule has 0 unspecified atom stereocenters. The van der Waals surface area contributed by atoms with Crippen LogP contribution in [0.5, 0.6) is 0 Å². The Morgan fingerprint density at radius 2 is 1.92 bits per heavy atom. The Balaban J connectivity index is 2.01. The number of nitrogens with one attached hydrogen (secondary N) is 1. The summed E-state index contributed by atoms with van der Waals surface area (Å²) in [5.41, 5.74) is 1.96. The molecule has 1 aromatic carbocycles. The van der Waals surface area contributed by atoms with E-state index in [0.29, 0.717) is 6.54 Å². The van der Waals surface area contributed by atoms with E-state index in [9.17, 15) is 9.59 Å². The van der Waals surface area contributed by atoms with Crippen LogP contribution in [0.2, 0.25) is 0 Å². The smallest absolute Gasteiger partial charge is 0.241 e. The molecule has 0 bridgehead atoms. The van der Waals surface area contributed by atoms with Gasteiger partial charge in [-0.05, 0) is 52.3 Å². The van der Waals surface area contributed by atoms with Gasteiger partial charge in [-0.1, -0.05) is 25.1 Å². The number of hydrogen-bond acceptors (Lipinski definition) is 3. The molecule has 0 aliphatic carbocycles. The van der Waals surface area contributed by atoms with Crippen LogP contribution in [0.4, 0.5) is 5.69 Å². The second kappa shape index (κ2) is 7.34. The second-order valence-electron chi connectivity index (χ2n) is 7.55. The number of carbonyl (C=O) groups is 2. The maximum absolute atomic E-state index is 12.8. The fourth-order valence-electron chi connectivity index (χ4n) is 3.15. The molecule has 0 fully saturated rings. The Labute approximate surface area is 145 Å². The van der Waals surface area contributed by atoms with E-state index in [2.05, 4.69) is 18.3 Å². The predicted molar refractivity (Wildman–Crippen MR) is 97.1 cm³/mol. The molecule has 1 aliphatic heterocycles. The predicted octanol–water partition coefficient (Wildman–Crippen LogP) is 2.20. The third kappa shape index (κ3) is 4.57. The highest BCUT2D eigenvalue weighted by molar-refractivity contribution is 5.97. The summed E-state index contributed by atoms with van der Waals surface area (Å²) >= 11 is 0. The van der Waals surface area contributed by atoms with Gasteiger partial charge < -0.3 is 10.2 Å². The van der Waals surface area contributed by atoms with Crippen molar-refractivity contribution in [3.05, 3.63) is 29.8 Å². The van der Waals surface area contributed by atoms with Crippen LogP contribution in [-0.4, -0.2) is 47.9 Å². The molecule has 1 heterocycles. The van der Waals surface area contributed by atoms with Gasteiger partial charge in [-0.3, -0.25) is 14.5 Å². The van der Waals surface area contributed by atoms with Crippen LogP contribution in [0.3, 0.4) is 0 Å². The van der Waals surface area contributed by atoms with E-state index in [-0.39, 0.29) is 36.5 Å². The van der Waals surface area contributed by atoms with Crippen molar-refractivity contribution in [2.75, 3.05) is 24.5 Å². The third-order valence-corrected chi connectivity index (χ3v) is 4.16. The Bertz CT molecular complexity index is 607. The van der Waals surface area contributed by atoms with Crippen molar-refractivity contribution < 1.29 is 9.59 Å². The Morgan fingerprint density at radius 3 is 2.54 bits per heavy atom. The van der Waals surface area contributed by atoms with Crippen LogP contribution in [0.15, 0.2) is 24.3 Å². The van der Waals surface area contributed by atoms with Crippen molar-refractivity contribution in [2.24, 2.45) is 0 Å². The number of para-hydroxylation sites is 1. The lowest BCUT2D eigenvalue weighted by Crippen LogP contribution is -2.49. The minimum Gasteiger partial charge on any atom is -0.350 e. The number of rotatable bonds is 5. The number of likely N-dealkylation sites (N-methyl/N-ethyl adjacent to an activating group) is 1. The zero-order valence-electron chi connectivity index (χ0n) is 15.4. The molecule has 2 rings (SSSR count). The normalized spacial score (nSPS) is 17.1. The van der Waals surface area contributed by atoms with Crippen molar-refractivity contribution >= 4 is 17.5 Å². The van der Waals surface area contributed by atoms with E-state index < -0.39 is 0 Å². The average molecular weight is 331 g/mol. The summed E-state index contributed by atoms with van der Waals surface area (Å²) in [7, 11) is 0. The van der Waals surface area contributed by atoms with Gasteiger partial charge in [0.25, 0.3) is 0 Å². The summed E-state index contributed by atoms with van der Waals surface area (Å²) in [5.74, 6) is 0.00452. The topological polar surface area (TPSA) is 52.7 Å². The Morgan fingerprint density at radius 1 is 1.25 bits per heavy atom. The van der Waals surface area contributed by atoms with E-state index in [1.54, 1.807) is 0 Å². The lowest BCUT2D eigenvalue weighted by molar-refractivity contribution is -0.125. The third-order valence-electron chi connectivity index (χ3n) is 4.16. The van der Waals surface area contributed by atoms with Crippen LogP contribution in [0.25, 0.3) is 0 Å². The lowest BCUT2D eigenvalue weighted by Gasteiger charge is -2.28. The summed E-state index contributed by atoms with van der Waals surface area (Å²) in [6.45, 7) is 11.1. The first kappa shape index (κ1) is 18.5. The number of anilines is 1. The summed E-state index contributed by atoms with van der Waals surface area (Å²) in [5, 5.41) is 2.95. The largest absolute Gasteiger partial charge is 0.350 e. The molecule has 132 valence electrons. The fourth-order valence-corrected chi connectivity index (χ4v) is 3.15. The highest BCUT2D eigenvalue weighted by Gasteiger charge is 2.31. The van der Waals surface area contributed by atoms with Crippen molar-refractivity contribution in [1.82, 2.24) is 10.2 Å². The SMILES string of the molecule is CCN(CC(=O)NC(C)(C)C)CC(=O)N1c2ccccc2C[C@@H]1C. The monoisotopic (exact) mass is 331 g/mol. The van der Waals surface area contributed by atoms with Gasteiger partial charge in [0, 0.05) is 17.3 Å². The molecular formula is C19H29N3O2. The molecule has 1 aromatic rings. The first-order chi connectivity index (χ1) is 11.2. The summed E-state index contributed by atoms with van der Waals surface area (Å²) < 4.78 is 0. The zero-order chi connectivity index (χ0) is 17.9. The zero-order valence-corrected chi connectivity index (χ0v) is 15.4. The second-order valence-corrected chi connectivity index (χ2v) is 7.55. The number of hydrogen-bond donors (Lipinski definition) is 1. The van der Waals surface area contributed by atoms with Crippen molar-refractivity contribution in [1.29, 1.82) is 0 Å². The highest BCUT2D eigenvalue weighted by atomic mass is 16.2. The van der Waals surface area contributed by atoms with E-state index in [1.165, 1.54) is 5.56 Å². The molecule has 0 saturated carbocycles. The first-order valence-electron chi connectivity index (χ1n) is 8.64. The molecular weight excluding hydrogens is 302 g/mol. The molecule has 24 heavy (non-hydrogen) atoms. The van der Waals surface area contributed by atoms with Gasteiger partial charge in [0.15, 0.2) is 0 Å². The van der Waals surface area contributed by atoms with Crippen LogP contribution in [0, 0.1) is 0 Å². The minimum atomic E-state index is -0.261. The number of benzene rings is 1. The van der Waals surface area contributed by atoms with E-state index in [4.69, 9.17) is 0 Å². The van der Waals surface area contributed by atoms with E-state index in [0.717, 1.165) is 12.1 Å². The van der Waals surface area contributed by atoms with Gasteiger partial charge in [0.1, 0.15) is 0 Å². The van der Waals surface area contributed by atoms with Crippen molar-refractivity contribution in [3.63, 3.8) is 0 Å². The van der Waals surface area contributed by atoms with E-state index >= 15 is 0 Å². The average Bonchev–Trinajstić information content (AvgIpc) is 2.80. The molecule has 1 aliphatic rings. The van der Waals surface area contributed by atoms with Crippen molar-refractivity contribution in [2.45, 2.75) is 52.6 Å². The molecule has 0 radical (unpaired) electrons. The van der Waals surface area contributed by atoms with Crippen molar-refractivity contribution in [3.8, 4) is 0 Å². The highest BCUT2D eigenvalue weighted by Crippen LogP contribution is 2.31. The number of carbonyl (C=O) groups excluding carboxylic acids is 2. The van der Waals surface area contributed by atoms with Crippen LogP contribution in [0.1, 0.15) is 40.2 Å². The molecule has 5 nitrogen and oxygen atoms in total. The van der Waals surface area contributed by atoms with E-state index in [1.807, 2.05) is 55.7 Å². The summed E-state index contributed by atoms with van der Waals surface area (Å²) in [6, 6.07) is 8.21. The van der Waals surface area contributed by atoms with Crippen LogP contribution < -0.4 is 10.2 Å². The standard InChI is InChI=1S/C19H29N3O2/c1-6-21(12-17(23)20-19(3,4)5)13-18(24)22-14(2)11-15-9-7-8-10-16(15)22/h7-10,14H,6,11-13H2,1-5H3,(H,20,23)/t14-/m0/s1. The van der Waals surface area contributed by atoms with Gasteiger partial charge >= 0.3 is 0 Å². The number of fused-ring (bicyclic) bond motifs is 1. The molecule has 5 heteroatoms. The quantitative estimate of drug-likeness (QED) is 0.900. The maximum atomic E-state index is 12.8.